The number of halogens is 1. The highest BCUT2D eigenvalue weighted by atomic mass is 79.9. The van der Waals surface area contributed by atoms with Crippen molar-refractivity contribution >= 4 is 38.5 Å². The number of aliphatic imine (C=N–C) groups is 1. The molecule has 1 heterocycles. The lowest BCUT2D eigenvalue weighted by molar-refractivity contribution is 0.456. The summed E-state index contributed by atoms with van der Waals surface area (Å²) in [6.45, 7) is 6.54. The number of amidine groups is 1. The lowest BCUT2D eigenvalue weighted by Crippen LogP contribution is -2.24. The van der Waals surface area contributed by atoms with Crippen LogP contribution in [0.15, 0.2) is 27.7 Å². The Hall–Kier alpha value is -0.480. The standard InChI is InChI=1S/C14H19BrN2S/c1-4-14(5-2)9-18-13(17-14)16-11-8-6-7-10(3)12(11)15/h6-8H,4-5,9H2,1-3H3,(H,16,17). The third-order valence-electron chi connectivity index (χ3n) is 3.57. The maximum absolute atomic E-state index is 4.87. The van der Waals surface area contributed by atoms with Crippen LogP contribution in [0.4, 0.5) is 5.69 Å². The van der Waals surface area contributed by atoms with Crippen LogP contribution in [0.2, 0.25) is 0 Å². The Labute approximate surface area is 122 Å². The molecule has 1 aliphatic rings. The Balaban J connectivity index is 2.18. The van der Waals surface area contributed by atoms with Crippen molar-refractivity contribution in [1.29, 1.82) is 0 Å². The average Bonchev–Trinajstić information content (AvgIpc) is 2.79. The summed E-state index contributed by atoms with van der Waals surface area (Å²) >= 11 is 5.45. The van der Waals surface area contributed by atoms with E-state index in [4.69, 9.17) is 4.99 Å². The molecular weight excluding hydrogens is 308 g/mol. The van der Waals surface area contributed by atoms with E-state index in [0.29, 0.717) is 0 Å². The third kappa shape index (κ3) is 2.75. The van der Waals surface area contributed by atoms with Crippen LogP contribution in [0.5, 0.6) is 0 Å². The number of aryl methyl sites for hydroxylation is 1. The fourth-order valence-corrected chi connectivity index (χ4v) is 3.70. The molecule has 0 aliphatic carbocycles. The highest BCUT2D eigenvalue weighted by Gasteiger charge is 2.32. The van der Waals surface area contributed by atoms with Gasteiger partial charge in [0.2, 0.25) is 0 Å². The Morgan fingerprint density at radius 3 is 2.72 bits per heavy atom. The van der Waals surface area contributed by atoms with E-state index in [9.17, 15) is 0 Å². The monoisotopic (exact) mass is 326 g/mol. The van der Waals surface area contributed by atoms with Crippen LogP contribution in [-0.2, 0) is 0 Å². The molecule has 18 heavy (non-hydrogen) atoms. The van der Waals surface area contributed by atoms with Crippen molar-refractivity contribution in [3.05, 3.63) is 28.2 Å². The Bertz CT molecular complexity index is 467. The molecular formula is C14H19BrN2S. The van der Waals surface area contributed by atoms with Crippen LogP contribution in [0, 0.1) is 6.92 Å². The molecule has 0 unspecified atom stereocenters. The van der Waals surface area contributed by atoms with Crippen LogP contribution < -0.4 is 5.32 Å². The summed E-state index contributed by atoms with van der Waals surface area (Å²) in [4.78, 5) is 4.87. The van der Waals surface area contributed by atoms with Crippen molar-refractivity contribution in [2.24, 2.45) is 4.99 Å². The van der Waals surface area contributed by atoms with Gasteiger partial charge in [0.25, 0.3) is 0 Å². The van der Waals surface area contributed by atoms with Crippen LogP contribution in [0.1, 0.15) is 32.3 Å². The molecule has 0 amide bonds. The zero-order valence-electron chi connectivity index (χ0n) is 11.1. The summed E-state index contributed by atoms with van der Waals surface area (Å²) in [5, 5.41) is 4.49. The summed E-state index contributed by atoms with van der Waals surface area (Å²) < 4.78 is 1.12. The van der Waals surface area contributed by atoms with E-state index in [1.54, 1.807) is 0 Å². The molecule has 98 valence electrons. The molecule has 0 atom stereocenters. The Kier molecular flexibility index (Phi) is 4.38. The molecule has 0 bridgehead atoms. The number of rotatable bonds is 3. The lowest BCUT2D eigenvalue weighted by Gasteiger charge is -2.20. The van der Waals surface area contributed by atoms with Crippen LogP contribution >= 0.6 is 27.7 Å². The highest BCUT2D eigenvalue weighted by Crippen LogP contribution is 2.35. The van der Waals surface area contributed by atoms with Gasteiger partial charge < -0.3 is 5.32 Å². The number of anilines is 1. The van der Waals surface area contributed by atoms with E-state index in [2.05, 4.69) is 60.2 Å². The maximum Gasteiger partial charge on any atom is 0.161 e. The average molecular weight is 327 g/mol. The molecule has 1 aromatic carbocycles. The number of nitrogens with zero attached hydrogens (tertiary/aromatic N) is 1. The van der Waals surface area contributed by atoms with E-state index in [0.717, 1.165) is 33.9 Å². The van der Waals surface area contributed by atoms with Crippen LogP contribution in [-0.4, -0.2) is 16.5 Å². The molecule has 0 saturated heterocycles. The minimum absolute atomic E-state index is 0.142. The van der Waals surface area contributed by atoms with E-state index >= 15 is 0 Å². The highest BCUT2D eigenvalue weighted by molar-refractivity contribution is 9.10. The summed E-state index contributed by atoms with van der Waals surface area (Å²) in [6.07, 6.45) is 2.22. The first-order valence-electron chi connectivity index (χ1n) is 6.35. The molecule has 0 fully saturated rings. The molecule has 4 heteroatoms. The van der Waals surface area contributed by atoms with Crippen molar-refractivity contribution < 1.29 is 0 Å². The quantitative estimate of drug-likeness (QED) is 0.860. The summed E-state index contributed by atoms with van der Waals surface area (Å²) in [7, 11) is 0. The van der Waals surface area contributed by atoms with Crippen molar-refractivity contribution in [2.45, 2.75) is 39.2 Å². The Morgan fingerprint density at radius 2 is 2.11 bits per heavy atom. The number of hydrogen-bond acceptors (Lipinski definition) is 3. The second-order valence-electron chi connectivity index (χ2n) is 4.70. The molecule has 1 N–H and O–H groups in total. The molecule has 0 radical (unpaired) electrons. The van der Waals surface area contributed by atoms with Gasteiger partial charge in [0.1, 0.15) is 0 Å². The molecule has 2 nitrogen and oxygen atoms in total. The van der Waals surface area contributed by atoms with E-state index in [1.807, 2.05) is 11.8 Å². The van der Waals surface area contributed by atoms with E-state index in [-0.39, 0.29) is 5.54 Å². The third-order valence-corrected chi connectivity index (χ3v) is 5.77. The van der Waals surface area contributed by atoms with Crippen molar-refractivity contribution in [3.63, 3.8) is 0 Å². The normalized spacial score (nSPS) is 17.7. The van der Waals surface area contributed by atoms with Gasteiger partial charge in [-0.25, -0.2) is 0 Å². The number of hydrogen-bond donors (Lipinski definition) is 1. The SMILES string of the molecule is CCC1(CC)CSC(Nc2cccc(C)c2Br)=N1. The predicted octanol–water partition coefficient (Wildman–Crippen LogP) is 4.83. The van der Waals surface area contributed by atoms with Crippen LogP contribution in [0.3, 0.4) is 0 Å². The second kappa shape index (κ2) is 5.66. The first-order valence-corrected chi connectivity index (χ1v) is 8.13. The van der Waals surface area contributed by atoms with Crippen molar-refractivity contribution in [1.82, 2.24) is 0 Å². The molecule has 0 spiro atoms. The first kappa shape index (κ1) is 13.9. The van der Waals surface area contributed by atoms with Gasteiger partial charge in [0.15, 0.2) is 5.17 Å². The minimum atomic E-state index is 0.142. The first-order chi connectivity index (χ1) is 8.60. The number of thioether (sulfide) groups is 1. The van der Waals surface area contributed by atoms with E-state index < -0.39 is 0 Å². The molecule has 0 aromatic heterocycles. The molecule has 1 aromatic rings. The van der Waals surface area contributed by atoms with Gasteiger partial charge >= 0.3 is 0 Å². The van der Waals surface area contributed by atoms with Gasteiger partial charge in [-0.1, -0.05) is 37.7 Å². The smallest absolute Gasteiger partial charge is 0.161 e. The van der Waals surface area contributed by atoms with Gasteiger partial charge in [-0.15, -0.1) is 0 Å². The molecule has 1 aliphatic heterocycles. The second-order valence-corrected chi connectivity index (χ2v) is 6.46. The summed E-state index contributed by atoms with van der Waals surface area (Å²) in [6, 6.07) is 6.24. The van der Waals surface area contributed by atoms with E-state index in [1.165, 1.54) is 5.56 Å². The van der Waals surface area contributed by atoms with Gasteiger partial charge in [-0.3, -0.25) is 4.99 Å². The number of benzene rings is 1. The fraction of sp³-hybridized carbons (Fsp3) is 0.500. The van der Waals surface area contributed by atoms with Gasteiger partial charge in [-0.05, 0) is 47.3 Å². The van der Waals surface area contributed by atoms with Crippen LogP contribution in [0.25, 0.3) is 0 Å². The minimum Gasteiger partial charge on any atom is -0.334 e. The Morgan fingerprint density at radius 1 is 1.39 bits per heavy atom. The summed E-state index contributed by atoms with van der Waals surface area (Å²) in [5.41, 5.74) is 2.48. The van der Waals surface area contributed by atoms with Crippen molar-refractivity contribution in [2.75, 3.05) is 11.1 Å². The largest absolute Gasteiger partial charge is 0.334 e. The zero-order valence-corrected chi connectivity index (χ0v) is 13.5. The topological polar surface area (TPSA) is 24.4 Å². The lowest BCUT2D eigenvalue weighted by atomic mass is 9.97. The maximum atomic E-state index is 4.87. The zero-order chi connectivity index (χ0) is 13.2. The fourth-order valence-electron chi connectivity index (χ4n) is 2.02. The van der Waals surface area contributed by atoms with Gasteiger partial charge in [0.05, 0.1) is 11.2 Å². The molecule has 2 rings (SSSR count). The van der Waals surface area contributed by atoms with Gasteiger partial charge in [0, 0.05) is 10.2 Å². The van der Waals surface area contributed by atoms with Crippen molar-refractivity contribution in [3.8, 4) is 0 Å². The predicted molar refractivity (Wildman–Crippen MR) is 85.7 cm³/mol. The number of nitrogens with one attached hydrogen (secondary N) is 1. The summed E-state index contributed by atoms with van der Waals surface area (Å²) in [5.74, 6) is 1.09. The molecule has 0 saturated carbocycles. The van der Waals surface area contributed by atoms with Gasteiger partial charge in [-0.2, -0.15) is 0 Å².